The van der Waals surface area contributed by atoms with Crippen molar-refractivity contribution in [1.82, 2.24) is 5.32 Å². The van der Waals surface area contributed by atoms with Crippen molar-refractivity contribution in [2.45, 2.75) is 18.9 Å². The summed E-state index contributed by atoms with van der Waals surface area (Å²) in [4.78, 5) is 21.4. The molecule has 0 fully saturated rings. The Morgan fingerprint density at radius 3 is 2.50 bits per heavy atom. The van der Waals surface area contributed by atoms with Gasteiger partial charge in [-0.3, -0.25) is 9.59 Å². The normalized spacial score (nSPS) is 11.9. The number of esters is 1. The number of rotatable bonds is 4. The van der Waals surface area contributed by atoms with Crippen LogP contribution in [0, 0.1) is 0 Å². The van der Waals surface area contributed by atoms with Gasteiger partial charge in [0.25, 0.3) is 0 Å². The van der Waals surface area contributed by atoms with Crippen LogP contribution in [0.3, 0.4) is 0 Å². The van der Waals surface area contributed by atoms with Crippen molar-refractivity contribution in [3.63, 3.8) is 0 Å². The minimum atomic E-state index is -0.461. The Kier molecular flexibility index (Phi) is 5.03. The highest BCUT2D eigenvalue weighted by Crippen LogP contribution is 1.95. The van der Waals surface area contributed by atoms with Crippen LogP contribution in [0.1, 0.15) is 12.8 Å². The zero-order chi connectivity index (χ0) is 9.56. The molecule has 1 atom stereocenters. The summed E-state index contributed by atoms with van der Waals surface area (Å²) in [5.41, 5.74) is 5.46. The van der Waals surface area contributed by atoms with Crippen LogP contribution in [0.25, 0.3) is 0 Å². The molecular formula is C7H14N2O3. The SMILES string of the molecule is CNC(=O)CC(N)CC(=O)OC. The Morgan fingerprint density at radius 1 is 1.50 bits per heavy atom. The molecular weight excluding hydrogens is 160 g/mol. The number of nitrogens with two attached hydrogens (primary N) is 1. The van der Waals surface area contributed by atoms with Crippen molar-refractivity contribution in [3.05, 3.63) is 0 Å². The highest BCUT2D eigenvalue weighted by molar-refractivity contribution is 5.77. The minimum Gasteiger partial charge on any atom is -0.469 e. The van der Waals surface area contributed by atoms with Crippen molar-refractivity contribution < 1.29 is 14.3 Å². The highest BCUT2D eigenvalue weighted by Gasteiger charge is 2.12. The van der Waals surface area contributed by atoms with Crippen LogP contribution in [0.15, 0.2) is 0 Å². The van der Waals surface area contributed by atoms with Gasteiger partial charge >= 0.3 is 5.97 Å². The van der Waals surface area contributed by atoms with Gasteiger partial charge in [0.15, 0.2) is 0 Å². The third kappa shape index (κ3) is 4.68. The summed E-state index contributed by atoms with van der Waals surface area (Å²) in [6.45, 7) is 0. The van der Waals surface area contributed by atoms with Gasteiger partial charge in [0.05, 0.1) is 13.5 Å². The lowest BCUT2D eigenvalue weighted by molar-refractivity contribution is -0.141. The van der Waals surface area contributed by atoms with Crippen molar-refractivity contribution in [2.24, 2.45) is 5.73 Å². The molecule has 0 rings (SSSR count). The smallest absolute Gasteiger partial charge is 0.307 e. The zero-order valence-electron chi connectivity index (χ0n) is 7.29. The first-order chi connectivity index (χ1) is 5.60. The lowest BCUT2D eigenvalue weighted by Gasteiger charge is -2.07. The van der Waals surface area contributed by atoms with Crippen molar-refractivity contribution in [2.75, 3.05) is 14.2 Å². The van der Waals surface area contributed by atoms with E-state index in [2.05, 4.69) is 10.1 Å². The largest absolute Gasteiger partial charge is 0.469 e. The quantitative estimate of drug-likeness (QED) is 0.536. The molecule has 0 bridgehead atoms. The molecule has 5 heteroatoms. The Balaban J connectivity index is 3.66. The summed E-state index contributed by atoms with van der Waals surface area (Å²) in [5.74, 6) is -0.571. The van der Waals surface area contributed by atoms with Gasteiger partial charge in [-0.05, 0) is 0 Å². The van der Waals surface area contributed by atoms with Gasteiger partial charge < -0.3 is 15.8 Å². The number of hydrogen-bond donors (Lipinski definition) is 2. The van der Waals surface area contributed by atoms with Crippen molar-refractivity contribution in [1.29, 1.82) is 0 Å². The lowest BCUT2D eigenvalue weighted by atomic mass is 10.1. The molecule has 0 aliphatic carbocycles. The average Bonchev–Trinajstić information content (AvgIpc) is 2.03. The molecule has 0 aliphatic rings. The van der Waals surface area contributed by atoms with E-state index in [1.165, 1.54) is 14.2 Å². The van der Waals surface area contributed by atoms with Gasteiger partial charge in [-0.25, -0.2) is 0 Å². The fourth-order valence-corrected chi connectivity index (χ4v) is 0.710. The van der Waals surface area contributed by atoms with E-state index in [1.54, 1.807) is 0 Å². The van der Waals surface area contributed by atoms with E-state index >= 15 is 0 Å². The topological polar surface area (TPSA) is 81.4 Å². The molecule has 0 aromatic rings. The van der Waals surface area contributed by atoms with E-state index < -0.39 is 12.0 Å². The number of ether oxygens (including phenoxy) is 1. The van der Waals surface area contributed by atoms with E-state index in [1.807, 2.05) is 0 Å². The standard InChI is InChI=1S/C7H14N2O3/c1-9-6(10)3-5(8)4-7(11)12-2/h5H,3-4,8H2,1-2H3,(H,9,10). The van der Waals surface area contributed by atoms with Crippen LogP contribution in [-0.4, -0.2) is 32.1 Å². The number of carbonyl (C=O) groups is 2. The Hall–Kier alpha value is -1.10. The summed E-state index contributed by atoms with van der Waals surface area (Å²) in [5, 5.41) is 2.42. The molecule has 12 heavy (non-hydrogen) atoms. The van der Waals surface area contributed by atoms with E-state index in [9.17, 15) is 9.59 Å². The van der Waals surface area contributed by atoms with Crippen LogP contribution in [-0.2, 0) is 14.3 Å². The second-order valence-electron chi connectivity index (χ2n) is 2.42. The Morgan fingerprint density at radius 2 is 2.08 bits per heavy atom. The van der Waals surface area contributed by atoms with Crippen molar-refractivity contribution in [3.8, 4) is 0 Å². The van der Waals surface area contributed by atoms with Crippen LogP contribution >= 0.6 is 0 Å². The molecule has 0 aromatic carbocycles. The van der Waals surface area contributed by atoms with Gasteiger partial charge in [-0.2, -0.15) is 0 Å². The first kappa shape index (κ1) is 10.9. The van der Waals surface area contributed by atoms with Crippen LogP contribution in [0.2, 0.25) is 0 Å². The summed E-state index contributed by atoms with van der Waals surface area (Å²) < 4.78 is 4.39. The van der Waals surface area contributed by atoms with E-state index in [0.717, 1.165) is 0 Å². The zero-order valence-corrected chi connectivity index (χ0v) is 7.29. The third-order valence-electron chi connectivity index (χ3n) is 1.38. The van der Waals surface area contributed by atoms with Crippen molar-refractivity contribution >= 4 is 11.9 Å². The molecule has 0 saturated carbocycles. The molecule has 0 radical (unpaired) electrons. The molecule has 1 amide bonds. The number of hydrogen-bond acceptors (Lipinski definition) is 4. The fourth-order valence-electron chi connectivity index (χ4n) is 0.710. The van der Waals surface area contributed by atoms with Gasteiger partial charge in [-0.15, -0.1) is 0 Å². The van der Waals surface area contributed by atoms with Crippen LogP contribution in [0.4, 0.5) is 0 Å². The number of nitrogens with one attached hydrogen (secondary N) is 1. The Bertz CT molecular complexity index is 152. The molecule has 0 saturated heterocycles. The summed E-state index contributed by atoms with van der Waals surface area (Å²) in [6, 6.07) is -0.461. The van der Waals surface area contributed by atoms with Gasteiger partial charge in [-0.1, -0.05) is 0 Å². The Labute approximate surface area is 71.3 Å². The number of carbonyl (C=O) groups excluding carboxylic acids is 2. The van der Waals surface area contributed by atoms with E-state index in [0.29, 0.717) is 0 Å². The monoisotopic (exact) mass is 174 g/mol. The maximum absolute atomic E-state index is 10.7. The molecule has 0 heterocycles. The summed E-state index contributed by atoms with van der Waals surface area (Å²) in [6.07, 6.45) is 0.218. The second kappa shape index (κ2) is 5.54. The maximum atomic E-state index is 10.7. The highest BCUT2D eigenvalue weighted by atomic mass is 16.5. The van der Waals surface area contributed by atoms with Crippen LogP contribution < -0.4 is 11.1 Å². The summed E-state index contributed by atoms with van der Waals surface area (Å²) in [7, 11) is 2.81. The second-order valence-corrected chi connectivity index (χ2v) is 2.42. The predicted octanol–water partition coefficient (Wildman–Crippen LogP) is -0.987. The lowest BCUT2D eigenvalue weighted by Crippen LogP contribution is -2.31. The van der Waals surface area contributed by atoms with Crippen LogP contribution in [0.5, 0.6) is 0 Å². The maximum Gasteiger partial charge on any atom is 0.307 e. The molecule has 3 N–H and O–H groups in total. The molecule has 70 valence electrons. The summed E-state index contributed by atoms with van der Waals surface area (Å²) >= 11 is 0. The fraction of sp³-hybridized carbons (Fsp3) is 0.714. The molecule has 0 aromatic heterocycles. The number of amides is 1. The van der Waals surface area contributed by atoms with Gasteiger partial charge in [0.1, 0.15) is 0 Å². The minimum absolute atomic E-state index is 0.0733. The van der Waals surface area contributed by atoms with E-state index in [4.69, 9.17) is 5.73 Å². The molecule has 5 nitrogen and oxygen atoms in total. The molecule has 0 spiro atoms. The van der Waals surface area contributed by atoms with Gasteiger partial charge in [0, 0.05) is 19.5 Å². The average molecular weight is 174 g/mol. The third-order valence-corrected chi connectivity index (χ3v) is 1.38. The van der Waals surface area contributed by atoms with Gasteiger partial charge in [0.2, 0.25) is 5.91 Å². The first-order valence-electron chi connectivity index (χ1n) is 3.63. The predicted molar refractivity (Wildman–Crippen MR) is 43.3 cm³/mol. The molecule has 0 aliphatic heterocycles. The number of methoxy groups -OCH3 is 1. The first-order valence-corrected chi connectivity index (χ1v) is 3.63. The van der Waals surface area contributed by atoms with E-state index in [-0.39, 0.29) is 18.7 Å². The molecule has 1 unspecified atom stereocenters.